The van der Waals surface area contributed by atoms with Crippen LogP contribution in [0.3, 0.4) is 0 Å². The third-order valence-electron chi connectivity index (χ3n) is 5.58. The van der Waals surface area contributed by atoms with Gasteiger partial charge in [0, 0.05) is 25.6 Å². The summed E-state index contributed by atoms with van der Waals surface area (Å²) < 4.78 is 0. The minimum atomic E-state index is -0.365. The zero-order chi connectivity index (χ0) is 16.4. The SMILES string of the molecule is CC(O)CCN(C)C(=O)NCC1CC12CCCc1ccccc12. The second-order valence-corrected chi connectivity index (χ2v) is 7.31. The number of urea groups is 1. The first-order valence-electron chi connectivity index (χ1n) is 8.78. The van der Waals surface area contributed by atoms with E-state index >= 15 is 0 Å². The molecular weight excluding hydrogens is 288 g/mol. The van der Waals surface area contributed by atoms with Crippen LogP contribution in [0.5, 0.6) is 0 Å². The molecule has 23 heavy (non-hydrogen) atoms. The highest BCUT2D eigenvalue weighted by Gasteiger charge is 2.56. The molecule has 1 fully saturated rings. The molecule has 1 saturated carbocycles. The molecular formula is C19H28N2O2. The van der Waals surface area contributed by atoms with Gasteiger partial charge in [-0.05, 0) is 56.1 Å². The Kier molecular flexibility index (Phi) is 4.62. The second-order valence-electron chi connectivity index (χ2n) is 7.31. The minimum Gasteiger partial charge on any atom is -0.393 e. The number of carbonyl (C=O) groups is 1. The van der Waals surface area contributed by atoms with E-state index < -0.39 is 0 Å². The van der Waals surface area contributed by atoms with Gasteiger partial charge in [-0.15, -0.1) is 0 Å². The average Bonchev–Trinajstić information content (AvgIpc) is 3.24. The predicted octanol–water partition coefficient (Wildman–Crippen LogP) is 2.69. The van der Waals surface area contributed by atoms with Gasteiger partial charge in [0.05, 0.1) is 6.10 Å². The Morgan fingerprint density at radius 1 is 1.48 bits per heavy atom. The van der Waals surface area contributed by atoms with Gasteiger partial charge in [-0.2, -0.15) is 0 Å². The van der Waals surface area contributed by atoms with Crippen molar-refractivity contribution in [2.24, 2.45) is 5.92 Å². The molecule has 3 atom stereocenters. The highest BCUT2D eigenvalue weighted by molar-refractivity contribution is 5.73. The fourth-order valence-corrected chi connectivity index (χ4v) is 4.06. The van der Waals surface area contributed by atoms with E-state index in [4.69, 9.17) is 0 Å². The molecule has 0 heterocycles. The van der Waals surface area contributed by atoms with E-state index in [1.165, 1.54) is 36.8 Å². The molecule has 0 bridgehead atoms. The Hall–Kier alpha value is -1.55. The lowest BCUT2D eigenvalue weighted by atomic mass is 9.78. The molecule has 1 spiro atoms. The second kappa shape index (κ2) is 6.52. The Morgan fingerprint density at radius 2 is 2.26 bits per heavy atom. The van der Waals surface area contributed by atoms with E-state index in [0.29, 0.717) is 24.3 Å². The summed E-state index contributed by atoms with van der Waals surface area (Å²) in [5.41, 5.74) is 3.34. The van der Waals surface area contributed by atoms with Crippen LogP contribution in [0.15, 0.2) is 24.3 Å². The number of amides is 2. The lowest BCUT2D eigenvalue weighted by Gasteiger charge is -2.27. The monoisotopic (exact) mass is 316 g/mol. The number of benzene rings is 1. The summed E-state index contributed by atoms with van der Waals surface area (Å²) >= 11 is 0. The van der Waals surface area contributed by atoms with Crippen molar-refractivity contribution < 1.29 is 9.90 Å². The van der Waals surface area contributed by atoms with Crippen molar-refractivity contribution in [1.82, 2.24) is 10.2 Å². The van der Waals surface area contributed by atoms with Crippen molar-refractivity contribution in [3.05, 3.63) is 35.4 Å². The fraction of sp³-hybridized carbons (Fsp3) is 0.632. The molecule has 2 aliphatic carbocycles. The van der Waals surface area contributed by atoms with Crippen LogP contribution in [0.1, 0.15) is 43.7 Å². The number of carbonyl (C=O) groups excluding carboxylic acids is 1. The molecule has 0 aliphatic heterocycles. The van der Waals surface area contributed by atoms with Crippen molar-refractivity contribution in [1.29, 1.82) is 0 Å². The van der Waals surface area contributed by atoms with Crippen LogP contribution in [0.2, 0.25) is 0 Å². The Bertz CT molecular complexity index is 572. The topological polar surface area (TPSA) is 52.6 Å². The largest absolute Gasteiger partial charge is 0.393 e. The molecule has 0 saturated heterocycles. The maximum absolute atomic E-state index is 12.1. The number of aryl methyl sites for hydroxylation is 1. The number of hydrogen-bond acceptors (Lipinski definition) is 2. The van der Waals surface area contributed by atoms with Gasteiger partial charge in [-0.3, -0.25) is 0 Å². The number of nitrogens with zero attached hydrogens (tertiary/aromatic N) is 1. The molecule has 126 valence electrons. The molecule has 4 heteroatoms. The molecule has 4 nitrogen and oxygen atoms in total. The number of nitrogens with one attached hydrogen (secondary N) is 1. The smallest absolute Gasteiger partial charge is 0.317 e. The Balaban J connectivity index is 1.53. The third-order valence-corrected chi connectivity index (χ3v) is 5.58. The average molecular weight is 316 g/mol. The quantitative estimate of drug-likeness (QED) is 0.877. The first kappa shape index (κ1) is 16.3. The van der Waals surface area contributed by atoms with E-state index in [0.717, 1.165) is 6.54 Å². The molecule has 3 unspecified atom stereocenters. The Morgan fingerprint density at radius 3 is 3.04 bits per heavy atom. The van der Waals surface area contributed by atoms with Crippen molar-refractivity contribution >= 4 is 6.03 Å². The molecule has 0 aromatic heterocycles. The number of fused-ring (bicyclic) bond motifs is 2. The molecule has 2 amide bonds. The van der Waals surface area contributed by atoms with E-state index in [2.05, 4.69) is 29.6 Å². The summed E-state index contributed by atoms with van der Waals surface area (Å²) in [4.78, 5) is 13.8. The van der Waals surface area contributed by atoms with Crippen LogP contribution in [-0.2, 0) is 11.8 Å². The molecule has 2 aliphatic rings. The van der Waals surface area contributed by atoms with Crippen LogP contribution in [0.4, 0.5) is 4.79 Å². The number of hydrogen-bond donors (Lipinski definition) is 2. The predicted molar refractivity (Wildman–Crippen MR) is 91.5 cm³/mol. The summed E-state index contributed by atoms with van der Waals surface area (Å²) in [6.45, 7) is 3.09. The van der Waals surface area contributed by atoms with Gasteiger partial charge < -0.3 is 15.3 Å². The lowest BCUT2D eigenvalue weighted by molar-refractivity contribution is 0.163. The first-order valence-corrected chi connectivity index (χ1v) is 8.78. The summed E-state index contributed by atoms with van der Waals surface area (Å²) in [6.07, 6.45) is 5.15. The molecule has 3 rings (SSSR count). The van der Waals surface area contributed by atoms with Gasteiger partial charge in [-0.25, -0.2) is 4.79 Å². The number of aliphatic hydroxyl groups excluding tert-OH is 1. The van der Waals surface area contributed by atoms with Gasteiger partial charge in [0.2, 0.25) is 0 Å². The van der Waals surface area contributed by atoms with Crippen molar-refractivity contribution in [3.63, 3.8) is 0 Å². The summed E-state index contributed by atoms with van der Waals surface area (Å²) in [7, 11) is 1.79. The highest BCUT2D eigenvalue weighted by atomic mass is 16.3. The van der Waals surface area contributed by atoms with Gasteiger partial charge in [-0.1, -0.05) is 24.3 Å². The van der Waals surface area contributed by atoms with Crippen molar-refractivity contribution in [2.45, 2.75) is 50.5 Å². The Labute approximate surface area is 138 Å². The minimum absolute atomic E-state index is 0.0307. The summed E-state index contributed by atoms with van der Waals surface area (Å²) in [5, 5.41) is 12.4. The maximum atomic E-state index is 12.1. The number of rotatable bonds is 5. The van der Waals surface area contributed by atoms with Crippen molar-refractivity contribution in [3.8, 4) is 0 Å². The van der Waals surface area contributed by atoms with E-state index in [1.54, 1.807) is 18.9 Å². The first-order chi connectivity index (χ1) is 11.0. The van der Waals surface area contributed by atoms with Crippen LogP contribution < -0.4 is 5.32 Å². The fourth-order valence-electron chi connectivity index (χ4n) is 4.06. The van der Waals surface area contributed by atoms with Crippen LogP contribution in [-0.4, -0.2) is 42.3 Å². The zero-order valence-electron chi connectivity index (χ0n) is 14.2. The van der Waals surface area contributed by atoms with Gasteiger partial charge in [0.1, 0.15) is 0 Å². The van der Waals surface area contributed by atoms with E-state index in [1.807, 2.05) is 0 Å². The molecule has 1 aromatic carbocycles. The van der Waals surface area contributed by atoms with Crippen LogP contribution in [0, 0.1) is 5.92 Å². The third kappa shape index (κ3) is 3.37. The van der Waals surface area contributed by atoms with Crippen LogP contribution >= 0.6 is 0 Å². The number of aliphatic hydroxyl groups is 1. The van der Waals surface area contributed by atoms with Crippen molar-refractivity contribution in [2.75, 3.05) is 20.1 Å². The van der Waals surface area contributed by atoms with Gasteiger partial charge >= 0.3 is 6.03 Å². The van der Waals surface area contributed by atoms with Gasteiger partial charge in [0.15, 0.2) is 0 Å². The van der Waals surface area contributed by atoms with E-state index in [-0.39, 0.29) is 12.1 Å². The van der Waals surface area contributed by atoms with E-state index in [9.17, 15) is 9.90 Å². The normalized spacial score (nSPS) is 26.5. The zero-order valence-corrected chi connectivity index (χ0v) is 14.2. The standard InChI is InChI=1S/C19H28N2O2/c1-14(22)9-11-21(2)18(23)20-13-16-12-19(16)10-5-7-15-6-3-4-8-17(15)19/h3-4,6,8,14,16,22H,5,7,9-13H2,1-2H3,(H,20,23). The lowest BCUT2D eigenvalue weighted by Crippen LogP contribution is -2.40. The summed E-state index contributed by atoms with van der Waals surface area (Å²) in [5.74, 6) is 0.568. The highest BCUT2D eigenvalue weighted by Crippen LogP contribution is 2.59. The van der Waals surface area contributed by atoms with Crippen LogP contribution in [0.25, 0.3) is 0 Å². The molecule has 0 radical (unpaired) electrons. The molecule has 1 aromatic rings. The maximum Gasteiger partial charge on any atom is 0.317 e. The molecule has 2 N–H and O–H groups in total. The summed E-state index contributed by atoms with van der Waals surface area (Å²) in [6, 6.07) is 8.79. The van der Waals surface area contributed by atoms with Gasteiger partial charge in [0.25, 0.3) is 0 Å².